The van der Waals surface area contributed by atoms with E-state index in [0.29, 0.717) is 13.0 Å². The maximum absolute atomic E-state index is 13.2. The minimum Gasteiger partial charge on any atom is -0.356 e. The number of nitriles is 1. The molecule has 12 heteroatoms. The van der Waals surface area contributed by atoms with Crippen LogP contribution in [0, 0.1) is 28.6 Å². The van der Waals surface area contributed by atoms with Gasteiger partial charge in [0.2, 0.25) is 17.7 Å². The van der Waals surface area contributed by atoms with E-state index in [1.54, 1.807) is 5.32 Å². The summed E-state index contributed by atoms with van der Waals surface area (Å²) in [5, 5.41) is 19.1. The maximum atomic E-state index is 13.2. The zero-order valence-electron chi connectivity index (χ0n) is 21.0. The topological polar surface area (TPSA) is 140 Å². The fraction of sp³-hybridized carbons (Fsp3) is 0.792. The molecule has 0 unspecified atom stereocenters. The van der Waals surface area contributed by atoms with Gasteiger partial charge in [-0.2, -0.15) is 18.4 Å². The van der Waals surface area contributed by atoms with E-state index < -0.39 is 53.4 Å². The number of nitrogens with zero attached hydrogens (tertiary/aromatic N) is 1. The monoisotopic (exact) mass is 515 g/mol. The molecule has 2 rings (SSSR count). The van der Waals surface area contributed by atoms with Gasteiger partial charge in [-0.05, 0) is 30.6 Å². The smallest absolute Gasteiger partial charge is 0.356 e. The van der Waals surface area contributed by atoms with Crippen molar-refractivity contribution in [3.05, 3.63) is 0 Å². The SMILES string of the molecule is CC(C)(C)[C@H](NC(=O)C(F)(F)F)C(=O)N[C@@H](CC1CCCCC1)C(=O)N[C@H](C#N)C[C@@H]1CCNC1=O. The molecule has 1 aliphatic carbocycles. The Labute approximate surface area is 209 Å². The molecule has 9 nitrogen and oxygen atoms in total. The van der Waals surface area contributed by atoms with E-state index in [0.717, 1.165) is 32.1 Å². The molecular weight excluding hydrogens is 479 g/mol. The molecule has 0 spiro atoms. The first kappa shape index (κ1) is 29.4. The molecule has 4 amide bonds. The fourth-order valence-corrected chi connectivity index (χ4v) is 4.70. The first-order valence-corrected chi connectivity index (χ1v) is 12.4. The van der Waals surface area contributed by atoms with Crippen LogP contribution < -0.4 is 21.3 Å². The van der Waals surface area contributed by atoms with Crippen molar-refractivity contribution in [2.45, 2.75) is 96.4 Å². The van der Waals surface area contributed by atoms with Gasteiger partial charge in [0.25, 0.3) is 0 Å². The molecule has 1 saturated carbocycles. The highest BCUT2D eigenvalue weighted by Crippen LogP contribution is 2.28. The molecule has 1 saturated heterocycles. The Balaban J connectivity index is 2.18. The molecule has 4 N–H and O–H groups in total. The first-order valence-electron chi connectivity index (χ1n) is 12.4. The Morgan fingerprint density at radius 3 is 2.14 bits per heavy atom. The zero-order chi connectivity index (χ0) is 27.1. The van der Waals surface area contributed by atoms with Crippen LogP contribution >= 0.6 is 0 Å². The van der Waals surface area contributed by atoms with E-state index in [-0.39, 0.29) is 24.7 Å². The summed E-state index contributed by atoms with van der Waals surface area (Å²) in [6, 6.07) is -1.66. The van der Waals surface area contributed by atoms with Crippen molar-refractivity contribution in [1.82, 2.24) is 21.3 Å². The lowest BCUT2D eigenvalue weighted by Crippen LogP contribution is -2.60. The lowest BCUT2D eigenvalue weighted by Gasteiger charge is -2.33. The summed E-state index contributed by atoms with van der Waals surface area (Å²) in [6.07, 6.45) is 0.432. The summed E-state index contributed by atoms with van der Waals surface area (Å²) in [5.74, 6) is -4.29. The molecule has 36 heavy (non-hydrogen) atoms. The van der Waals surface area contributed by atoms with Gasteiger partial charge < -0.3 is 21.3 Å². The van der Waals surface area contributed by atoms with Gasteiger partial charge in [0, 0.05) is 12.5 Å². The molecule has 0 aromatic rings. The Bertz CT molecular complexity index is 859. The Kier molecular flexibility index (Phi) is 10.1. The van der Waals surface area contributed by atoms with E-state index in [2.05, 4.69) is 16.0 Å². The summed E-state index contributed by atoms with van der Waals surface area (Å²) in [5.41, 5.74) is -1.08. The quantitative estimate of drug-likeness (QED) is 0.372. The molecule has 202 valence electrons. The summed E-state index contributed by atoms with van der Waals surface area (Å²) in [4.78, 5) is 49.7. The van der Waals surface area contributed by atoms with Crippen LogP contribution in [0.3, 0.4) is 0 Å². The largest absolute Gasteiger partial charge is 0.471 e. The van der Waals surface area contributed by atoms with Crippen molar-refractivity contribution in [3.8, 4) is 6.07 Å². The van der Waals surface area contributed by atoms with Crippen molar-refractivity contribution in [3.63, 3.8) is 0 Å². The van der Waals surface area contributed by atoms with Crippen LogP contribution in [0.4, 0.5) is 13.2 Å². The predicted molar refractivity (Wildman–Crippen MR) is 124 cm³/mol. The standard InChI is InChI=1S/C24H36F3N5O4/c1-23(2,3)18(32-22(36)24(25,26)27)21(35)31-17(11-14-7-5-4-6-8-14)20(34)30-16(13-28)12-15-9-10-29-19(15)33/h14-18H,4-12H2,1-3H3,(H,29,33)(H,30,34)(H,31,35)(H,32,36)/t15-,16-,17-,18+/m0/s1. The van der Waals surface area contributed by atoms with Crippen molar-refractivity contribution in [1.29, 1.82) is 5.26 Å². The van der Waals surface area contributed by atoms with Crippen LogP contribution in [-0.2, 0) is 19.2 Å². The minimum atomic E-state index is -5.17. The van der Waals surface area contributed by atoms with Crippen LogP contribution in [0.1, 0.15) is 72.1 Å². The van der Waals surface area contributed by atoms with E-state index in [1.807, 2.05) is 6.07 Å². The van der Waals surface area contributed by atoms with Gasteiger partial charge in [0.1, 0.15) is 18.1 Å². The third kappa shape index (κ3) is 8.68. The molecule has 1 aliphatic heterocycles. The summed E-state index contributed by atoms with van der Waals surface area (Å²) < 4.78 is 38.6. The maximum Gasteiger partial charge on any atom is 0.471 e. The van der Waals surface area contributed by atoms with Crippen LogP contribution in [0.25, 0.3) is 0 Å². The highest BCUT2D eigenvalue weighted by molar-refractivity contribution is 5.93. The van der Waals surface area contributed by atoms with E-state index >= 15 is 0 Å². The van der Waals surface area contributed by atoms with Crippen LogP contribution in [0.2, 0.25) is 0 Å². The van der Waals surface area contributed by atoms with Gasteiger partial charge in [-0.1, -0.05) is 52.9 Å². The molecule has 2 aliphatic rings. The Morgan fingerprint density at radius 1 is 1.00 bits per heavy atom. The summed E-state index contributed by atoms with van der Waals surface area (Å²) in [6.45, 7) is 5.00. The number of amides is 4. The zero-order valence-corrected chi connectivity index (χ0v) is 21.0. The average molecular weight is 516 g/mol. The normalized spacial score (nSPS) is 21.5. The van der Waals surface area contributed by atoms with E-state index in [4.69, 9.17) is 0 Å². The van der Waals surface area contributed by atoms with Crippen molar-refractivity contribution in [2.24, 2.45) is 17.3 Å². The summed E-state index contributed by atoms with van der Waals surface area (Å²) >= 11 is 0. The molecule has 4 atom stereocenters. The van der Waals surface area contributed by atoms with E-state index in [1.165, 1.54) is 20.8 Å². The number of carbonyl (C=O) groups is 4. The molecule has 0 aromatic carbocycles. The van der Waals surface area contributed by atoms with Crippen LogP contribution in [0.15, 0.2) is 0 Å². The second-order valence-electron chi connectivity index (χ2n) is 10.8. The second kappa shape index (κ2) is 12.4. The Morgan fingerprint density at radius 2 is 1.64 bits per heavy atom. The predicted octanol–water partition coefficient (Wildman–Crippen LogP) is 2.07. The number of rotatable bonds is 9. The van der Waals surface area contributed by atoms with Crippen molar-refractivity contribution in [2.75, 3.05) is 6.54 Å². The second-order valence-corrected chi connectivity index (χ2v) is 10.8. The highest BCUT2D eigenvalue weighted by atomic mass is 19.4. The van der Waals surface area contributed by atoms with Gasteiger partial charge >= 0.3 is 12.1 Å². The number of hydrogen-bond acceptors (Lipinski definition) is 5. The number of alkyl halides is 3. The Hall–Kier alpha value is -2.84. The number of carbonyl (C=O) groups excluding carboxylic acids is 4. The average Bonchev–Trinajstić information content (AvgIpc) is 3.19. The number of hydrogen-bond donors (Lipinski definition) is 4. The van der Waals surface area contributed by atoms with Crippen LogP contribution in [-0.4, -0.2) is 54.5 Å². The molecule has 1 heterocycles. The lowest BCUT2D eigenvalue weighted by molar-refractivity contribution is -0.175. The van der Waals surface area contributed by atoms with Gasteiger partial charge in [0.15, 0.2) is 0 Å². The van der Waals surface area contributed by atoms with E-state index in [9.17, 15) is 37.6 Å². The molecular formula is C24H36F3N5O4. The van der Waals surface area contributed by atoms with Gasteiger partial charge in [-0.25, -0.2) is 0 Å². The highest BCUT2D eigenvalue weighted by Gasteiger charge is 2.44. The minimum absolute atomic E-state index is 0.116. The molecule has 2 fully saturated rings. The molecule has 0 radical (unpaired) electrons. The van der Waals surface area contributed by atoms with Crippen molar-refractivity contribution >= 4 is 23.6 Å². The third-order valence-corrected chi connectivity index (χ3v) is 6.74. The fourth-order valence-electron chi connectivity index (χ4n) is 4.70. The first-order chi connectivity index (χ1) is 16.7. The molecule has 0 aromatic heterocycles. The van der Waals surface area contributed by atoms with Gasteiger partial charge in [-0.15, -0.1) is 0 Å². The van der Waals surface area contributed by atoms with Crippen LogP contribution in [0.5, 0.6) is 0 Å². The molecule has 0 bridgehead atoms. The van der Waals surface area contributed by atoms with Gasteiger partial charge in [-0.3, -0.25) is 19.2 Å². The van der Waals surface area contributed by atoms with Crippen molar-refractivity contribution < 1.29 is 32.3 Å². The third-order valence-electron chi connectivity index (χ3n) is 6.74. The summed E-state index contributed by atoms with van der Waals surface area (Å²) in [7, 11) is 0. The van der Waals surface area contributed by atoms with Gasteiger partial charge in [0.05, 0.1) is 6.07 Å². The number of nitrogens with one attached hydrogen (secondary N) is 4. The lowest BCUT2D eigenvalue weighted by atomic mass is 9.83. The number of halogens is 3.